The summed E-state index contributed by atoms with van der Waals surface area (Å²) in [6.07, 6.45) is 2.31. The van der Waals surface area contributed by atoms with Crippen LogP contribution in [0.5, 0.6) is 11.5 Å². The Balaban J connectivity index is 0.000000934. The minimum Gasteiger partial charge on any atom is -0.481 e. The Bertz CT molecular complexity index is 1130. The summed E-state index contributed by atoms with van der Waals surface area (Å²) in [7, 11) is 0. The lowest BCUT2D eigenvalue weighted by atomic mass is 10.0. The standard InChI is InChI=1S/C23H23N3O6S2.C4H10/c27-21(26(12-16-3-1-7-33-16)13-17-4-2-8-34-17)11-24-23(30)25-18(10-22(28)29)15-5-6-19-20(9-15)32-14-31-19;1-3-4-2/h1-9,18H,10-14H2,(H,28,29)(H2,24,25,30);3-4H2,1-2H3. The molecule has 0 spiro atoms. The third kappa shape index (κ3) is 9.07. The fourth-order valence-corrected chi connectivity index (χ4v) is 4.89. The molecule has 3 amide bonds. The van der Waals surface area contributed by atoms with Crippen LogP contribution in [0.4, 0.5) is 4.79 Å². The Hall–Kier alpha value is -3.57. The van der Waals surface area contributed by atoms with Crippen LogP contribution in [-0.2, 0) is 22.7 Å². The van der Waals surface area contributed by atoms with Crippen molar-refractivity contribution in [1.29, 1.82) is 0 Å². The first-order valence-corrected chi connectivity index (χ1v) is 14.1. The van der Waals surface area contributed by atoms with Crippen LogP contribution in [0.3, 0.4) is 0 Å². The maximum absolute atomic E-state index is 12.9. The topological polar surface area (TPSA) is 117 Å². The molecule has 1 aromatic carbocycles. The van der Waals surface area contributed by atoms with Crippen molar-refractivity contribution in [2.45, 2.75) is 52.2 Å². The number of amides is 3. The van der Waals surface area contributed by atoms with E-state index in [0.717, 1.165) is 9.75 Å². The van der Waals surface area contributed by atoms with Crippen molar-refractivity contribution in [3.8, 4) is 11.5 Å². The van der Waals surface area contributed by atoms with Crippen LogP contribution in [-0.4, -0.2) is 41.3 Å². The Morgan fingerprint density at radius 2 is 1.61 bits per heavy atom. The van der Waals surface area contributed by atoms with Crippen molar-refractivity contribution in [2.24, 2.45) is 0 Å². The number of carboxylic acid groups (broad SMARTS) is 1. The lowest BCUT2D eigenvalue weighted by Gasteiger charge is -2.23. The number of thiophene rings is 2. The number of rotatable bonds is 11. The van der Waals surface area contributed by atoms with Gasteiger partial charge in [0.25, 0.3) is 0 Å². The van der Waals surface area contributed by atoms with Gasteiger partial charge in [0, 0.05) is 9.75 Å². The van der Waals surface area contributed by atoms with E-state index in [4.69, 9.17) is 9.47 Å². The number of fused-ring (bicyclic) bond motifs is 1. The zero-order chi connectivity index (χ0) is 27.3. The molecule has 204 valence electrons. The quantitative estimate of drug-likeness (QED) is 0.290. The van der Waals surface area contributed by atoms with Crippen molar-refractivity contribution in [3.05, 3.63) is 68.5 Å². The van der Waals surface area contributed by atoms with Gasteiger partial charge in [0.1, 0.15) is 0 Å². The molecular weight excluding hydrogens is 526 g/mol. The molecule has 0 saturated heterocycles. The number of carboxylic acids is 1. The summed E-state index contributed by atoms with van der Waals surface area (Å²) in [5.41, 5.74) is 0.560. The number of unbranched alkanes of at least 4 members (excludes halogenated alkanes) is 1. The highest BCUT2D eigenvalue weighted by Crippen LogP contribution is 2.34. The number of ether oxygens (including phenoxy) is 2. The van der Waals surface area contributed by atoms with Crippen LogP contribution in [0.25, 0.3) is 0 Å². The van der Waals surface area contributed by atoms with Gasteiger partial charge >= 0.3 is 12.0 Å². The van der Waals surface area contributed by atoms with Gasteiger partial charge in [-0.1, -0.05) is 44.9 Å². The molecule has 3 heterocycles. The van der Waals surface area contributed by atoms with Crippen molar-refractivity contribution in [1.82, 2.24) is 15.5 Å². The van der Waals surface area contributed by atoms with Crippen LogP contribution >= 0.6 is 22.7 Å². The summed E-state index contributed by atoms with van der Waals surface area (Å²) in [6.45, 7) is 5.11. The lowest BCUT2D eigenvalue weighted by Crippen LogP contribution is -2.44. The van der Waals surface area contributed by atoms with Gasteiger partial charge in [0.15, 0.2) is 11.5 Å². The first-order chi connectivity index (χ1) is 18.4. The molecule has 0 bridgehead atoms. The third-order valence-electron chi connectivity index (χ3n) is 5.59. The fourth-order valence-electron chi connectivity index (χ4n) is 3.45. The van der Waals surface area contributed by atoms with E-state index in [1.54, 1.807) is 45.8 Å². The van der Waals surface area contributed by atoms with E-state index in [9.17, 15) is 19.5 Å². The zero-order valence-corrected chi connectivity index (χ0v) is 23.1. The van der Waals surface area contributed by atoms with Crippen LogP contribution in [0, 0.1) is 0 Å². The molecule has 1 aliphatic heterocycles. The molecule has 4 rings (SSSR count). The molecule has 2 aromatic heterocycles. The number of nitrogens with one attached hydrogen (secondary N) is 2. The van der Waals surface area contributed by atoms with Gasteiger partial charge in [-0.2, -0.15) is 0 Å². The van der Waals surface area contributed by atoms with Crippen molar-refractivity contribution < 1.29 is 29.0 Å². The van der Waals surface area contributed by atoms with Crippen molar-refractivity contribution in [2.75, 3.05) is 13.3 Å². The Labute approximate surface area is 230 Å². The SMILES string of the molecule is CCCC.O=C(O)CC(NC(=O)NCC(=O)N(Cc1cccs1)Cc1cccs1)c1ccc2c(c1)OCO2. The number of carbonyl (C=O) groups excluding carboxylic acids is 2. The van der Waals surface area contributed by atoms with E-state index in [2.05, 4.69) is 24.5 Å². The second kappa shape index (κ2) is 15.0. The third-order valence-corrected chi connectivity index (χ3v) is 7.31. The molecule has 0 fully saturated rings. The summed E-state index contributed by atoms with van der Waals surface area (Å²) in [4.78, 5) is 40.6. The Morgan fingerprint density at radius 3 is 2.16 bits per heavy atom. The largest absolute Gasteiger partial charge is 0.481 e. The van der Waals surface area contributed by atoms with Gasteiger partial charge in [-0.3, -0.25) is 9.59 Å². The molecule has 9 nitrogen and oxygen atoms in total. The maximum Gasteiger partial charge on any atom is 0.315 e. The highest BCUT2D eigenvalue weighted by Gasteiger charge is 2.23. The second-order valence-corrected chi connectivity index (χ2v) is 10.6. The maximum atomic E-state index is 12.9. The fraction of sp³-hybridized carbons (Fsp3) is 0.370. The predicted octanol–water partition coefficient (Wildman–Crippen LogP) is 5.39. The molecule has 3 N–H and O–H groups in total. The number of carbonyl (C=O) groups is 3. The van der Waals surface area contributed by atoms with Gasteiger partial charge in [-0.05, 0) is 40.6 Å². The summed E-state index contributed by atoms with van der Waals surface area (Å²) in [5, 5.41) is 18.4. The summed E-state index contributed by atoms with van der Waals surface area (Å²) >= 11 is 3.12. The number of nitrogens with zero attached hydrogens (tertiary/aromatic N) is 1. The van der Waals surface area contributed by atoms with Crippen LogP contribution in [0.1, 0.15) is 54.5 Å². The van der Waals surface area contributed by atoms with Gasteiger partial charge in [0.05, 0.1) is 32.1 Å². The van der Waals surface area contributed by atoms with Crippen LogP contribution < -0.4 is 20.1 Å². The highest BCUT2D eigenvalue weighted by molar-refractivity contribution is 7.10. The van der Waals surface area contributed by atoms with E-state index in [1.165, 1.54) is 12.8 Å². The summed E-state index contributed by atoms with van der Waals surface area (Å²) in [6, 6.07) is 11.3. The van der Waals surface area contributed by atoms with Gasteiger partial charge < -0.3 is 30.1 Å². The van der Waals surface area contributed by atoms with E-state index < -0.39 is 18.0 Å². The number of benzene rings is 1. The van der Waals surface area contributed by atoms with Gasteiger partial charge in [-0.15, -0.1) is 22.7 Å². The number of urea groups is 1. The van der Waals surface area contributed by atoms with Crippen LogP contribution in [0.2, 0.25) is 0 Å². The first-order valence-electron chi connectivity index (χ1n) is 12.4. The van der Waals surface area contributed by atoms with Gasteiger partial charge in [0.2, 0.25) is 12.7 Å². The zero-order valence-electron chi connectivity index (χ0n) is 21.5. The average molecular weight is 560 g/mol. The molecule has 3 aromatic rings. The number of hydrogen-bond donors (Lipinski definition) is 3. The van der Waals surface area contributed by atoms with Gasteiger partial charge in [-0.25, -0.2) is 4.79 Å². The Kier molecular flexibility index (Phi) is 11.4. The summed E-state index contributed by atoms with van der Waals surface area (Å²) < 4.78 is 10.6. The smallest absolute Gasteiger partial charge is 0.315 e. The minimum absolute atomic E-state index is 0.0891. The second-order valence-electron chi connectivity index (χ2n) is 8.50. The lowest BCUT2D eigenvalue weighted by molar-refractivity contribution is -0.137. The van der Waals surface area contributed by atoms with E-state index in [1.807, 2.05) is 35.0 Å². The van der Waals surface area contributed by atoms with Crippen molar-refractivity contribution in [3.63, 3.8) is 0 Å². The monoisotopic (exact) mass is 559 g/mol. The number of hydrogen-bond acceptors (Lipinski definition) is 7. The summed E-state index contributed by atoms with van der Waals surface area (Å²) in [5.74, 6) is -0.264. The molecule has 0 radical (unpaired) electrons. The van der Waals surface area contributed by atoms with Crippen molar-refractivity contribution >= 4 is 40.6 Å². The minimum atomic E-state index is -1.07. The Morgan fingerprint density at radius 1 is 0.974 bits per heavy atom. The molecule has 1 atom stereocenters. The molecule has 0 saturated carbocycles. The first kappa shape index (κ1) is 29.0. The molecular formula is C27H33N3O6S2. The molecule has 1 unspecified atom stereocenters. The molecule has 0 aliphatic carbocycles. The van der Waals surface area contributed by atoms with E-state index >= 15 is 0 Å². The average Bonchev–Trinajstić information content (AvgIpc) is 3.69. The van der Waals surface area contributed by atoms with E-state index in [-0.39, 0.29) is 25.7 Å². The molecule has 11 heteroatoms. The highest BCUT2D eigenvalue weighted by atomic mass is 32.1. The van der Waals surface area contributed by atoms with E-state index in [0.29, 0.717) is 30.2 Å². The predicted molar refractivity (Wildman–Crippen MR) is 148 cm³/mol. The normalized spacial score (nSPS) is 12.2. The number of aliphatic carboxylic acids is 1. The molecule has 1 aliphatic rings. The van der Waals surface area contributed by atoms with Crippen LogP contribution in [0.15, 0.2) is 53.2 Å². The molecule has 38 heavy (non-hydrogen) atoms.